The fourth-order valence-corrected chi connectivity index (χ4v) is 1.55. The second kappa shape index (κ2) is 4.92. The Kier molecular flexibility index (Phi) is 3.34. The first-order chi connectivity index (χ1) is 8.26. The number of aromatic nitrogens is 3. The number of hydrogen-bond acceptors (Lipinski definition) is 5. The molecule has 2 rings (SSSR count). The molecule has 17 heavy (non-hydrogen) atoms. The molecule has 0 unspecified atom stereocenters. The fourth-order valence-electron chi connectivity index (χ4n) is 1.55. The number of carbonyl (C=O) groups excluding carboxylic acids is 1. The van der Waals surface area contributed by atoms with Crippen LogP contribution in [0.5, 0.6) is 0 Å². The van der Waals surface area contributed by atoms with E-state index in [-0.39, 0.29) is 18.1 Å². The van der Waals surface area contributed by atoms with Crippen LogP contribution in [0.2, 0.25) is 0 Å². The van der Waals surface area contributed by atoms with Gasteiger partial charge in [-0.25, -0.2) is 4.68 Å². The van der Waals surface area contributed by atoms with Gasteiger partial charge in [-0.1, -0.05) is 12.1 Å². The van der Waals surface area contributed by atoms with Crippen LogP contribution in [0.1, 0.15) is 35.4 Å². The summed E-state index contributed by atoms with van der Waals surface area (Å²) in [5, 5.41) is 7.60. The highest BCUT2D eigenvalue weighted by atomic mass is 16.3. The minimum atomic E-state index is -0.219. The quantitative estimate of drug-likeness (QED) is 0.779. The van der Waals surface area contributed by atoms with E-state index in [1.807, 2.05) is 6.92 Å². The second-order valence-electron chi connectivity index (χ2n) is 3.64. The van der Waals surface area contributed by atoms with E-state index in [2.05, 4.69) is 10.3 Å². The van der Waals surface area contributed by atoms with Crippen LogP contribution < -0.4 is 5.73 Å². The van der Waals surface area contributed by atoms with Crippen molar-refractivity contribution in [3.8, 4) is 0 Å². The highest BCUT2D eigenvalue weighted by Gasteiger charge is 2.18. The Hall–Kier alpha value is -1.95. The molecule has 2 aromatic heterocycles. The summed E-state index contributed by atoms with van der Waals surface area (Å²) in [6.45, 7) is 2.95. The Labute approximate surface area is 98.4 Å². The molecule has 0 saturated carbocycles. The first-order valence-corrected chi connectivity index (χ1v) is 5.48. The summed E-state index contributed by atoms with van der Waals surface area (Å²) in [4.78, 5) is 12.1. The minimum Gasteiger partial charge on any atom is -0.456 e. The van der Waals surface area contributed by atoms with Gasteiger partial charge in [0.05, 0.1) is 12.7 Å². The highest BCUT2D eigenvalue weighted by molar-refractivity contribution is 6.05. The molecule has 0 aliphatic heterocycles. The van der Waals surface area contributed by atoms with Crippen molar-refractivity contribution < 1.29 is 9.21 Å². The van der Waals surface area contributed by atoms with Crippen molar-refractivity contribution in [1.82, 2.24) is 15.0 Å². The van der Waals surface area contributed by atoms with Crippen molar-refractivity contribution in [1.29, 1.82) is 0 Å². The summed E-state index contributed by atoms with van der Waals surface area (Å²) in [6, 6.07) is 3.31. The van der Waals surface area contributed by atoms with Crippen molar-refractivity contribution >= 4 is 5.78 Å². The van der Waals surface area contributed by atoms with E-state index in [9.17, 15) is 4.79 Å². The van der Waals surface area contributed by atoms with E-state index in [1.165, 1.54) is 6.20 Å². The van der Waals surface area contributed by atoms with Crippen LogP contribution in [-0.4, -0.2) is 20.8 Å². The lowest BCUT2D eigenvalue weighted by Gasteiger charge is -2.01. The van der Waals surface area contributed by atoms with Crippen LogP contribution in [0.15, 0.2) is 22.7 Å². The smallest absolute Gasteiger partial charge is 0.247 e. The lowest BCUT2D eigenvalue weighted by atomic mass is 10.2. The van der Waals surface area contributed by atoms with Gasteiger partial charge in [-0.05, 0) is 18.6 Å². The van der Waals surface area contributed by atoms with Gasteiger partial charge in [0.2, 0.25) is 5.78 Å². The number of ketones is 1. The molecule has 0 saturated heterocycles. The molecule has 0 aliphatic rings. The number of nitrogens with zero attached hydrogens (tertiary/aromatic N) is 3. The summed E-state index contributed by atoms with van der Waals surface area (Å²) >= 11 is 0. The van der Waals surface area contributed by atoms with Crippen molar-refractivity contribution in [3.05, 3.63) is 35.5 Å². The van der Waals surface area contributed by atoms with E-state index in [4.69, 9.17) is 10.2 Å². The maximum atomic E-state index is 12.1. The topological polar surface area (TPSA) is 86.9 Å². The molecule has 0 amide bonds. The monoisotopic (exact) mass is 234 g/mol. The van der Waals surface area contributed by atoms with Gasteiger partial charge in [-0.2, -0.15) is 0 Å². The van der Waals surface area contributed by atoms with Crippen molar-refractivity contribution in [2.75, 3.05) is 0 Å². The Balaban J connectivity index is 2.27. The lowest BCUT2D eigenvalue weighted by Crippen LogP contribution is -2.11. The van der Waals surface area contributed by atoms with Gasteiger partial charge >= 0.3 is 0 Å². The van der Waals surface area contributed by atoms with Crippen LogP contribution in [0.25, 0.3) is 0 Å². The van der Waals surface area contributed by atoms with Gasteiger partial charge in [0, 0.05) is 6.54 Å². The molecule has 0 fully saturated rings. The molecule has 0 spiro atoms. The van der Waals surface area contributed by atoms with Gasteiger partial charge in [-0.15, -0.1) is 5.10 Å². The Morgan fingerprint density at radius 1 is 1.53 bits per heavy atom. The molecule has 2 N–H and O–H groups in total. The molecule has 2 heterocycles. The summed E-state index contributed by atoms with van der Waals surface area (Å²) in [6.07, 6.45) is 2.33. The molecular formula is C11H14N4O2. The summed E-state index contributed by atoms with van der Waals surface area (Å²) in [5.41, 5.74) is 5.86. The number of carbonyl (C=O) groups is 1. The van der Waals surface area contributed by atoms with Crippen molar-refractivity contribution in [2.45, 2.75) is 26.4 Å². The molecule has 0 aliphatic carbocycles. The normalized spacial score (nSPS) is 10.7. The zero-order chi connectivity index (χ0) is 12.3. The molecular weight excluding hydrogens is 220 g/mol. The number of rotatable bonds is 5. The van der Waals surface area contributed by atoms with Crippen LogP contribution in [0.4, 0.5) is 0 Å². The molecule has 0 radical (unpaired) electrons. The third-order valence-corrected chi connectivity index (χ3v) is 2.37. The average Bonchev–Trinajstić information content (AvgIpc) is 2.97. The molecule has 0 bridgehead atoms. The SMILES string of the molecule is CCCn1nncc1C(=O)c1ccc(CN)o1. The maximum Gasteiger partial charge on any atom is 0.247 e. The Morgan fingerprint density at radius 3 is 3.00 bits per heavy atom. The lowest BCUT2D eigenvalue weighted by molar-refractivity contribution is 0.0997. The molecule has 0 aromatic carbocycles. The molecule has 90 valence electrons. The minimum absolute atomic E-state index is 0.219. The Bertz CT molecular complexity index is 515. The van der Waals surface area contributed by atoms with Crippen molar-refractivity contribution in [2.24, 2.45) is 5.73 Å². The standard InChI is InChI=1S/C11H14N4O2/c1-2-5-15-9(7-13-14-15)11(16)10-4-3-8(6-12)17-10/h3-4,7H,2,5-6,12H2,1H3. The van der Waals surface area contributed by atoms with Crippen molar-refractivity contribution in [3.63, 3.8) is 0 Å². The van der Waals surface area contributed by atoms with E-state index >= 15 is 0 Å². The number of hydrogen-bond donors (Lipinski definition) is 1. The van der Waals surface area contributed by atoms with Gasteiger partial charge in [0.15, 0.2) is 5.76 Å². The number of aryl methyl sites for hydroxylation is 1. The predicted molar refractivity (Wildman–Crippen MR) is 60.3 cm³/mol. The highest BCUT2D eigenvalue weighted by Crippen LogP contribution is 2.12. The third-order valence-electron chi connectivity index (χ3n) is 2.37. The van der Waals surface area contributed by atoms with E-state index < -0.39 is 0 Å². The first kappa shape index (κ1) is 11.5. The van der Waals surface area contributed by atoms with Crippen LogP contribution in [0.3, 0.4) is 0 Å². The van der Waals surface area contributed by atoms with Crippen LogP contribution in [-0.2, 0) is 13.1 Å². The van der Waals surface area contributed by atoms with Gasteiger partial charge in [0.1, 0.15) is 11.5 Å². The summed E-state index contributed by atoms with van der Waals surface area (Å²) < 4.78 is 6.88. The maximum absolute atomic E-state index is 12.1. The zero-order valence-corrected chi connectivity index (χ0v) is 9.59. The second-order valence-corrected chi connectivity index (χ2v) is 3.64. The summed E-state index contributed by atoms with van der Waals surface area (Å²) in [7, 11) is 0. The van der Waals surface area contributed by atoms with Crippen LogP contribution in [0, 0.1) is 0 Å². The van der Waals surface area contributed by atoms with E-state index in [0.717, 1.165) is 6.42 Å². The zero-order valence-electron chi connectivity index (χ0n) is 9.59. The number of furan rings is 1. The Morgan fingerprint density at radius 2 is 2.35 bits per heavy atom. The van der Waals surface area contributed by atoms with E-state index in [0.29, 0.717) is 18.0 Å². The molecule has 6 heteroatoms. The van der Waals surface area contributed by atoms with Gasteiger partial charge in [0.25, 0.3) is 0 Å². The number of nitrogens with two attached hydrogens (primary N) is 1. The average molecular weight is 234 g/mol. The van der Waals surface area contributed by atoms with E-state index in [1.54, 1.807) is 16.8 Å². The molecule has 0 atom stereocenters. The molecule has 6 nitrogen and oxygen atoms in total. The van der Waals surface area contributed by atoms with Gasteiger partial charge < -0.3 is 10.2 Å². The predicted octanol–water partition coefficient (Wildman–Crippen LogP) is 0.971. The molecule has 2 aromatic rings. The first-order valence-electron chi connectivity index (χ1n) is 5.48. The largest absolute Gasteiger partial charge is 0.456 e. The third kappa shape index (κ3) is 2.26. The van der Waals surface area contributed by atoms with Gasteiger partial charge in [-0.3, -0.25) is 4.79 Å². The fraction of sp³-hybridized carbons (Fsp3) is 0.364. The summed E-state index contributed by atoms with van der Waals surface area (Å²) in [5.74, 6) is 0.635. The van der Waals surface area contributed by atoms with Crippen LogP contribution >= 0.6 is 0 Å².